The molecule has 2 aromatic rings. The molecule has 1 amide bonds. The summed E-state index contributed by atoms with van der Waals surface area (Å²) in [6, 6.07) is 6.97. The molecule has 0 atom stereocenters. The van der Waals surface area contributed by atoms with Gasteiger partial charge in [0.25, 0.3) is 0 Å². The van der Waals surface area contributed by atoms with Crippen LogP contribution in [0.1, 0.15) is 27.0 Å². The lowest BCUT2D eigenvalue weighted by Gasteiger charge is -2.30. The van der Waals surface area contributed by atoms with E-state index in [0.29, 0.717) is 22.3 Å². The number of carbonyl (C=O) groups is 2. The van der Waals surface area contributed by atoms with E-state index in [1.807, 2.05) is 0 Å². The number of nitrogens with zero attached hydrogens (tertiary/aromatic N) is 1. The molecule has 2 aromatic carbocycles. The molecule has 1 heterocycles. The van der Waals surface area contributed by atoms with Crippen molar-refractivity contribution in [1.82, 2.24) is 4.90 Å². The first kappa shape index (κ1) is 20.1. The number of fused-ring (bicyclic) bond motifs is 1. The number of ether oxygens (including phenoxy) is 1. The Labute approximate surface area is 162 Å². The first-order chi connectivity index (χ1) is 13.2. The Morgan fingerprint density at radius 3 is 2.61 bits per heavy atom. The first-order valence-electron chi connectivity index (χ1n) is 8.23. The average Bonchev–Trinajstić information content (AvgIpc) is 2.64. The van der Waals surface area contributed by atoms with Gasteiger partial charge in [-0.1, -0.05) is 17.7 Å². The van der Waals surface area contributed by atoms with Crippen molar-refractivity contribution >= 4 is 23.8 Å². The predicted octanol–water partition coefficient (Wildman–Crippen LogP) is 4.32. The molecule has 0 bridgehead atoms. The molecular formula is C19H14ClF4NO3. The van der Waals surface area contributed by atoms with E-state index >= 15 is 0 Å². The fourth-order valence-electron chi connectivity index (χ4n) is 2.97. The molecule has 0 aromatic heterocycles. The summed E-state index contributed by atoms with van der Waals surface area (Å²) in [5.41, 5.74) is 1.51. The normalized spacial score (nSPS) is 13.8. The monoisotopic (exact) mass is 415 g/mol. The number of rotatable bonds is 4. The van der Waals surface area contributed by atoms with Crippen LogP contribution in [0, 0.1) is 5.82 Å². The SMILES string of the molecule is O=Cc1cc2c(cc1OCc1ccc(Cl)cc1F)CN(C(=O)C(F)(F)F)CC2. The molecule has 0 fully saturated rings. The number of hydrogen-bond acceptors (Lipinski definition) is 3. The van der Waals surface area contributed by atoms with Crippen molar-refractivity contribution in [2.24, 2.45) is 0 Å². The largest absolute Gasteiger partial charge is 0.488 e. The molecule has 3 rings (SSSR count). The molecule has 9 heteroatoms. The summed E-state index contributed by atoms with van der Waals surface area (Å²) in [5, 5.41) is 0.220. The third kappa shape index (κ3) is 4.27. The molecule has 0 saturated carbocycles. The fourth-order valence-corrected chi connectivity index (χ4v) is 3.13. The summed E-state index contributed by atoms with van der Waals surface area (Å²) in [6.07, 6.45) is -4.21. The molecule has 0 saturated heterocycles. The maximum Gasteiger partial charge on any atom is 0.471 e. The van der Waals surface area contributed by atoms with Gasteiger partial charge in [0.2, 0.25) is 0 Å². The van der Waals surface area contributed by atoms with E-state index in [1.165, 1.54) is 24.3 Å². The van der Waals surface area contributed by atoms with Gasteiger partial charge in [0, 0.05) is 23.7 Å². The van der Waals surface area contributed by atoms with Gasteiger partial charge in [-0.05, 0) is 41.8 Å². The molecule has 1 aliphatic heterocycles. The minimum absolute atomic E-state index is 0.0974. The van der Waals surface area contributed by atoms with Gasteiger partial charge in [-0.15, -0.1) is 0 Å². The van der Waals surface area contributed by atoms with Gasteiger partial charge in [-0.25, -0.2) is 4.39 Å². The summed E-state index contributed by atoms with van der Waals surface area (Å²) >= 11 is 5.69. The van der Waals surface area contributed by atoms with Crippen LogP contribution in [-0.2, 0) is 24.4 Å². The Hall–Kier alpha value is -2.61. The number of alkyl halides is 3. The van der Waals surface area contributed by atoms with Crippen LogP contribution in [0.3, 0.4) is 0 Å². The van der Waals surface area contributed by atoms with Gasteiger partial charge in [-0.2, -0.15) is 13.2 Å². The maximum absolute atomic E-state index is 13.9. The number of benzene rings is 2. The number of carbonyl (C=O) groups excluding carboxylic acids is 2. The summed E-state index contributed by atoms with van der Waals surface area (Å²) in [6.45, 7) is -0.549. The van der Waals surface area contributed by atoms with Gasteiger partial charge >= 0.3 is 12.1 Å². The van der Waals surface area contributed by atoms with Gasteiger partial charge < -0.3 is 9.64 Å². The Bertz CT molecular complexity index is 930. The van der Waals surface area contributed by atoms with Crippen molar-refractivity contribution in [3.63, 3.8) is 0 Å². The molecule has 1 aliphatic rings. The smallest absolute Gasteiger partial charge is 0.471 e. The molecule has 28 heavy (non-hydrogen) atoms. The highest BCUT2D eigenvalue weighted by atomic mass is 35.5. The second kappa shape index (κ2) is 7.79. The van der Waals surface area contributed by atoms with Crippen LogP contribution in [0.4, 0.5) is 17.6 Å². The van der Waals surface area contributed by atoms with Crippen molar-refractivity contribution in [3.05, 3.63) is 63.4 Å². The lowest BCUT2D eigenvalue weighted by atomic mass is 9.96. The van der Waals surface area contributed by atoms with Crippen molar-refractivity contribution in [2.45, 2.75) is 25.7 Å². The van der Waals surface area contributed by atoms with E-state index in [-0.39, 0.29) is 48.0 Å². The zero-order chi connectivity index (χ0) is 20.5. The summed E-state index contributed by atoms with van der Waals surface area (Å²) in [4.78, 5) is 23.5. The molecule has 0 radical (unpaired) electrons. The zero-order valence-electron chi connectivity index (χ0n) is 14.4. The summed E-state index contributed by atoms with van der Waals surface area (Å²) in [5.74, 6) is -2.40. The molecular weight excluding hydrogens is 402 g/mol. The molecule has 0 N–H and O–H groups in total. The van der Waals surface area contributed by atoms with Crippen LogP contribution >= 0.6 is 11.6 Å². The number of hydrogen-bond donors (Lipinski definition) is 0. The number of halogens is 5. The topological polar surface area (TPSA) is 46.6 Å². The molecule has 0 spiro atoms. The lowest BCUT2D eigenvalue weighted by molar-refractivity contribution is -0.186. The minimum Gasteiger partial charge on any atom is -0.488 e. The molecule has 148 valence electrons. The quantitative estimate of drug-likeness (QED) is 0.552. The zero-order valence-corrected chi connectivity index (χ0v) is 15.1. The van der Waals surface area contributed by atoms with E-state index < -0.39 is 17.9 Å². The number of amides is 1. The number of aldehydes is 1. The van der Waals surface area contributed by atoms with Crippen molar-refractivity contribution in [3.8, 4) is 5.75 Å². The second-order valence-electron chi connectivity index (χ2n) is 6.28. The van der Waals surface area contributed by atoms with Crippen molar-refractivity contribution in [2.75, 3.05) is 6.54 Å². The maximum atomic E-state index is 13.9. The summed E-state index contributed by atoms with van der Waals surface area (Å²) in [7, 11) is 0. The predicted molar refractivity (Wildman–Crippen MR) is 92.7 cm³/mol. The Kier molecular flexibility index (Phi) is 5.60. The van der Waals surface area contributed by atoms with Crippen LogP contribution in [0.25, 0.3) is 0 Å². The molecule has 4 nitrogen and oxygen atoms in total. The Balaban J connectivity index is 1.83. The van der Waals surface area contributed by atoms with E-state index in [9.17, 15) is 27.2 Å². The second-order valence-corrected chi connectivity index (χ2v) is 6.71. The van der Waals surface area contributed by atoms with Gasteiger partial charge in [0.15, 0.2) is 6.29 Å². The van der Waals surface area contributed by atoms with Crippen molar-refractivity contribution < 1.29 is 31.9 Å². The van der Waals surface area contributed by atoms with E-state index in [2.05, 4.69) is 0 Å². The van der Waals surface area contributed by atoms with E-state index in [4.69, 9.17) is 16.3 Å². The standard InChI is InChI=1S/C19H14ClF4NO3/c20-15-2-1-12(16(21)7-15)10-28-17-6-13-8-25(18(27)19(22,23)24)4-3-11(13)5-14(17)9-26/h1-2,5-7,9H,3-4,8,10H2. The fraction of sp³-hybridized carbons (Fsp3) is 0.263. The van der Waals surface area contributed by atoms with Gasteiger partial charge in [0.1, 0.15) is 18.2 Å². The van der Waals surface area contributed by atoms with Crippen LogP contribution in [0.2, 0.25) is 5.02 Å². The molecule has 0 aliphatic carbocycles. The molecule has 0 unspecified atom stereocenters. The van der Waals surface area contributed by atoms with Crippen LogP contribution < -0.4 is 4.74 Å². The van der Waals surface area contributed by atoms with E-state index in [1.54, 1.807) is 0 Å². The highest BCUT2D eigenvalue weighted by Crippen LogP contribution is 2.30. The summed E-state index contributed by atoms with van der Waals surface area (Å²) < 4.78 is 57.4. The van der Waals surface area contributed by atoms with Crippen LogP contribution in [0.5, 0.6) is 5.75 Å². The van der Waals surface area contributed by atoms with Crippen LogP contribution in [-0.4, -0.2) is 29.8 Å². The minimum atomic E-state index is -4.95. The third-order valence-electron chi connectivity index (χ3n) is 4.40. The van der Waals surface area contributed by atoms with Gasteiger partial charge in [-0.3, -0.25) is 9.59 Å². The Morgan fingerprint density at radius 2 is 1.96 bits per heavy atom. The Morgan fingerprint density at radius 1 is 1.21 bits per heavy atom. The highest BCUT2D eigenvalue weighted by Gasteiger charge is 2.43. The highest BCUT2D eigenvalue weighted by molar-refractivity contribution is 6.30. The third-order valence-corrected chi connectivity index (χ3v) is 4.63. The van der Waals surface area contributed by atoms with Crippen molar-refractivity contribution in [1.29, 1.82) is 0 Å². The first-order valence-corrected chi connectivity index (χ1v) is 8.60. The average molecular weight is 416 g/mol. The van der Waals surface area contributed by atoms with Crippen LogP contribution in [0.15, 0.2) is 30.3 Å². The van der Waals surface area contributed by atoms with Gasteiger partial charge in [0.05, 0.1) is 5.56 Å². The van der Waals surface area contributed by atoms with E-state index in [0.717, 1.165) is 6.07 Å². The lowest BCUT2D eigenvalue weighted by Crippen LogP contribution is -2.43.